The third-order valence-electron chi connectivity index (χ3n) is 3.96. The van der Waals surface area contributed by atoms with E-state index in [0.29, 0.717) is 18.4 Å². The summed E-state index contributed by atoms with van der Waals surface area (Å²) in [7, 11) is 0. The molecule has 0 saturated heterocycles. The first-order valence-electron chi connectivity index (χ1n) is 6.57. The first kappa shape index (κ1) is 13.1. The van der Waals surface area contributed by atoms with E-state index in [4.69, 9.17) is 5.73 Å². The summed E-state index contributed by atoms with van der Waals surface area (Å²) < 4.78 is 26.7. The molecule has 4 heteroatoms. The molecule has 0 aromatic heterocycles. The van der Waals surface area contributed by atoms with E-state index < -0.39 is 11.6 Å². The van der Waals surface area contributed by atoms with Crippen LogP contribution in [0.25, 0.3) is 0 Å². The Morgan fingerprint density at radius 3 is 2.72 bits per heavy atom. The Hall–Kier alpha value is -1.32. The molecule has 2 rings (SSSR count). The lowest BCUT2D eigenvalue weighted by atomic mass is 9.80. The molecule has 0 spiro atoms. The number of nitrogens with one attached hydrogen (secondary N) is 1. The van der Waals surface area contributed by atoms with Gasteiger partial charge in [0.1, 0.15) is 0 Å². The Morgan fingerprint density at radius 2 is 2.00 bits per heavy atom. The molecule has 0 radical (unpaired) electrons. The minimum absolute atomic E-state index is 0.104. The maximum atomic E-state index is 13.6. The van der Waals surface area contributed by atoms with Gasteiger partial charge in [0.2, 0.25) is 0 Å². The van der Waals surface area contributed by atoms with Crippen molar-refractivity contribution in [2.45, 2.75) is 32.6 Å². The van der Waals surface area contributed by atoms with Crippen LogP contribution in [0.1, 0.15) is 32.6 Å². The average Bonchev–Trinajstić information content (AvgIpc) is 2.36. The monoisotopic (exact) mass is 254 g/mol. The van der Waals surface area contributed by atoms with E-state index in [-0.39, 0.29) is 11.4 Å². The van der Waals surface area contributed by atoms with Crippen molar-refractivity contribution in [3.8, 4) is 0 Å². The Bertz CT molecular complexity index is 421. The maximum Gasteiger partial charge on any atom is 0.183 e. The molecule has 2 atom stereocenters. The summed E-state index contributed by atoms with van der Waals surface area (Å²) in [5.41, 5.74) is 6.04. The van der Waals surface area contributed by atoms with Gasteiger partial charge < -0.3 is 11.1 Å². The van der Waals surface area contributed by atoms with Gasteiger partial charge in [-0.3, -0.25) is 0 Å². The fourth-order valence-electron chi connectivity index (χ4n) is 2.67. The maximum absolute atomic E-state index is 13.6. The van der Waals surface area contributed by atoms with Crippen molar-refractivity contribution in [1.82, 2.24) is 0 Å². The molecule has 0 bridgehead atoms. The van der Waals surface area contributed by atoms with Gasteiger partial charge in [-0.2, -0.15) is 0 Å². The van der Waals surface area contributed by atoms with E-state index in [1.54, 1.807) is 0 Å². The van der Waals surface area contributed by atoms with Gasteiger partial charge in [-0.15, -0.1) is 0 Å². The molecule has 1 aromatic rings. The average molecular weight is 254 g/mol. The van der Waals surface area contributed by atoms with Crippen LogP contribution >= 0.6 is 0 Å². The SMILES string of the molecule is CC1CCCCC1CNc1c(N)ccc(F)c1F. The van der Waals surface area contributed by atoms with E-state index >= 15 is 0 Å². The van der Waals surface area contributed by atoms with Crippen molar-refractivity contribution in [2.75, 3.05) is 17.6 Å². The second-order valence-corrected chi connectivity index (χ2v) is 5.23. The zero-order chi connectivity index (χ0) is 13.1. The van der Waals surface area contributed by atoms with Gasteiger partial charge >= 0.3 is 0 Å². The molecule has 3 N–H and O–H groups in total. The van der Waals surface area contributed by atoms with Gasteiger partial charge in [-0.1, -0.05) is 26.2 Å². The van der Waals surface area contributed by atoms with Gasteiger partial charge in [0.25, 0.3) is 0 Å². The number of benzene rings is 1. The van der Waals surface area contributed by atoms with Gasteiger partial charge in [-0.25, -0.2) is 8.78 Å². The van der Waals surface area contributed by atoms with Gasteiger partial charge in [-0.05, 0) is 30.4 Å². The second kappa shape index (κ2) is 5.55. The van der Waals surface area contributed by atoms with Crippen molar-refractivity contribution in [2.24, 2.45) is 11.8 Å². The topological polar surface area (TPSA) is 38.0 Å². The van der Waals surface area contributed by atoms with E-state index in [1.165, 1.54) is 25.3 Å². The lowest BCUT2D eigenvalue weighted by molar-refractivity contribution is 0.268. The second-order valence-electron chi connectivity index (χ2n) is 5.23. The number of nitrogen functional groups attached to an aromatic ring is 1. The van der Waals surface area contributed by atoms with Crippen LogP contribution in [0, 0.1) is 23.5 Å². The molecule has 18 heavy (non-hydrogen) atoms. The summed E-state index contributed by atoms with van der Waals surface area (Å²) in [4.78, 5) is 0. The van der Waals surface area contributed by atoms with Crippen LogP contribution in [-0.4, -0.2) is 6.54 Å². The first-order chi connectivity index (χ1) is 8.59. The molecule has 100 valence electrons. The summed E-state index contributed by atoms with van der Waals surface area (Å²) in [5, 5.41) is 2.98. The van der Waals surface area contributed by atoms with Crippen LogP contribution in [0.2, 0.25) is 0 Å². The molecule has 1 fully saturated rings. The van der Waals surface area contributed by atoms with Crippen molar-refractivity contribution in [3.63, 3.8) is 0 Å². The Balaban J connectivity index is 2.03. The Kier molecular flexibility index (Phi) is 4.04. The number of anilines is 2. The summed E-state index contributed by atoms with van der Waals surface area (Å²) in [6.45, 7) is 2.88. The van der Waals surface area contributed by atoms with E-state index in [2.05, 4.69) is 12.2 Å². The number of nitrogens with two attached hydrogens (primary N) is 1. The van der Waals surface area contributed by atoms with Crippen molar-refractivity contribution >= 4 is 11.4 Å². The third-order valence-corrected chi connectivity index (χ3v) is 3.96. The normalized spacial score (nSPS) is 23.9. The summed E-state index contributed by atoms with van der Waals surface area (Å²) in [5.74, 6) is -0.591. The largest absolute Gasteiger partial charge is 0.397 e. The third kappa shape index (κ3) is 2.74. The fraction of sp³-hybridized carbons (Fsp3) is 0.571. The summed E-state index contributed by atoms with van der Waals surface area (Å²) >= 11 is 0. The Labute approximate surface area is 107 Å². The minimum atomic E-state index is -0.876. The molecule has 2 nitrogen and oxygen atoms in total. The highest BCUT2D eigenvalue weighted by atomic mass is 19.2. The standard InChI is InChI=1S/C14H20F2N2/c1-9-4-2-3-5-10(9)8-18-14-12(17)7-6-11(15)13(14)16/h6-7,9-10,18H,2-5,8,17H2,1H3. The summed E-state index contributed by atoms with van der Waals surface area (Å²) in [6, 6.07) is 2.45. The van der Waals surface area contributed by atoms with Crippen LogP contribution in [0.4, 0.5) is 20.2 Å². The van der Waals surface area contributed by atoms with Crippen LogP contribution < -0.4 is 11.1 Å². The molecule has 1 aromatic carbocycles. The molecule has 1 saturated carbocycles. The van der Waals surface area contributed by atoms with Gasteiger partial charge in [0.15, 0.2) is 11.6 Å². The predicted molar refractivity (Wildman–Crippen MR) is 70.4 cm³/mol. The lowest BCUT2D eigenvalue weighted by Gasteiger charge is -2.29. The van der Waals surface area contributed by atoms with Crippen molar-refractivity contribution < 1.29 is 8.78 Å². The van der Waals surface area contributed by atoms with Crippen molar-refractivity contribution in [1.29, 1.82) is 0 Å². The quantitative estimate of drug-likeness (QED) is 0.805. The number of hydrogen-bond donors (Lipinski definition) is 2. The highest BCUT2D eigenvalue weighted by Gasteiger charge is 2.22. The van der Waals surface area contributed by atoms with Gasteiger partial charge in [0, 0.05) is 6.54 Å². The molecule has 1 aliphatic rings. The smallest absolute Gasteiger partial charge is 0.183 e. The zero-order valence-electron chi connectivity index (χ0n) is 10.7. The van der Waals surface area contributed by atoms with Gasteiger partial charge in [0.05, 0.1) is 11.4 Å². The lowest BCUT2D eigenvalue weighted by Crippen LogP contribution is -2.25. The molecule has 1 aliphatic carbocycles. The number of rotatable bonds is 3. The molecule has 0 heterocycles. The van der Waals surface area contributed by atoms with E-state index in [1.807, 2.05) is 0 Å². The fourth-order valence-corrected chi connectivity index (χ4v) is 2.67. The zero-order valence-corrected chi connectivity index (χ0v) is 10.7. The first-order valence-corrected chi connectivity index (χ1v) is 6.57. The highest BCUT2D eigenvalue weighted by molar-refractivity contribution is 5.66. The predicted octanol–water partition coefficient (Wildman–Crippen LogP) is 3.79. The molecular weight excluding hydrogens is 234 g/mol. The number of halogens is 2. The van der Waals surface area contributed by atoms with Crippen molar-refractivity contribution in [3.05, 3.63) is 23.8 Å². The van der Waals surface area contributed by atoms with Crippen LogP contribution in [-0.2, 0) is 0 Å². The molecule has 0 amide bonds. The van der Waals surface area contributed by atoms with Crippen LogP contribution in [0.5, 0.6) is 0 Å². The number of hydrogen-bond acceptors (Lipinski definition) is 2. The van der Waals surface area contributed by atoms with E-state index in [0.717, 1.165) is 12.5 Å². The van der Waals surface area contributed by atoms with Crippen LogP contribution in [0.3, 0.4) is 0 Å². The summed E-state index contributed by atoms with van der Waals surface area (Å²) in [6.07, 6.45) is 4.85. The molecular formula is C14H20F2N2. The minimum Gasteiger partial charge on any atom is -0.397 e. The van der Waals surface area contributed by atoms with E-state index in [9.17, 15) is 8.78 Å². The molecule has 2 unspecified atom stereocenters. The Morgan fingerprint density at radius 1 is 1.28 bits per heavy atom. The highest BCUT2D eigenvalue weighted by Crippen LogP contribution is 2.31. The molecule has 0 aliphatic heterocycles. The van der Waals surface area contributed by atoms with Crippen LogP contribution in [0.15, 0.2) is 12.1 Å².